The Morgan fingerprint density at radius 3 is 3.08 bits per heavy atom. The van der Waals surface area contributed by atoms with Crippen LogP contribution < -0.4 is 10.1 Å². The van der Waals surface area contributed by atoms with E-state index in [2.05, 4.69) is 10.5 Å². The van der Waals surface area contributed by atoms with Gasteiger partial charge in [-0.15, -0.1) is 0 Å². The Labute approximate surface area is 141 Å². The first-order valence-corrected chi connectivity index (χ1v) is 8.37. The monoisotopic (exact) mass is 329 g/mol. The molecule has 1 fully saturated rings. The van der Waals surface area contributed by atoms with E-state index in [-0.39, 0.29) is 12.1 Å². The van der Waals surface area contributed by atoms with E-state index in [1.807, 2.05) is 49.1 Å². The molecule has 0 bridgehead atoms. The molecule has 3 rings (SSSR count). The molecule has 1 aromatic heterocycles. The molecule has 1 aliphatic heterocycles. The molecule has 0 radical (unpaired) electrons. The molecule has 128 valence electrons. The number of amides is 2. The van der Waals surface area contributed by atoms with Gasteiger partial charge in [-0.05, 0) is 44.4 Å². The molecule has 2 heterocycles. The van der Waals surface area contributed by atoms with Gasteiger partial charge in [-0.2, -0.15) is 0 Å². The highest BCUT2D eigenvalue weighted by molar-refractivity contribution is 5.75. The molecule has 6 heteroatoms. The summed E-state index contributed by atoms with van der Waals surface area (Å²) in [6.45, 7) is 5.67. The van der Waals surface area contributed by atoms with Gasteiger partial charge < -0.3 is 19.5 Å². The Balaban J connectivity index is 1.61. The molecular weight excluding hydrogens is 306 g/mol. The minimum atomic E-state index is -0.0756. The van der Waals surface area contributed by atoms with Gasteiger partial charge >= 0.3 is 6.03 Å². The van der Waals surface area contributed by atoms with Gasteiger partial charge in [0.2, 0.25) is 0 Å². The topological polar surface area (TPSA) is 67.6 Å². The first-order valence-electron chi connectivity index (χ1n) is 8.37. The fraction of sp³-hybridized carbons (Fsp3) is 0.444. The van der Waals surface area contributed by atoms with Crippen LogP contribution in [0, 0.1) is 6.92 Å². The van der Waals surface area contributed by atoms with Gasteiger partial charge in [0.25, 0.3) is 0 Å². The number of rotatable bonds is 5. The van der Waals surface area contributed by atoms with Crippen molar-refractivity contribution in [3.8, 4) is 5.75 Å². The van der Waals surface area contributed by atoms with E-state index in [1.54, 1.807) is 0 Å². The summed E-state index contributed by atoms with van der Waals surface area (Å²) in [7, 11) is 0. The van der Waals surface area contributed by atoms with Crippen LogP contribution in [0.2, 0.25) is 0 Å². The Hall–Kier alpha value is -2.50. The van der Waals surface area contributed by atoms with E-state index < -0.39 is 0 Å². The predicted molar refractivity (Wildman–Crippen MR) is 89.8 cm³/mol. The average molecular weight is 329 g/mol. The van der Waals surface area contributed by atoms with E-state index in [1.165, 1.54) is 0 Å². The maximum Gasteiger partial charge on any atom is 0.318 e. The second-order valence-corrected chi connectivity index (χ2v) is 5.96. The smallest absolute Gasteiger partial charge is 0.318 e. The second kappa shape index (κ2) is 7.38. The van der Waals surface area contributed by atoms with Crippen LogP contribution in [0.4, 0.5) is 4.79 Å². The van der Waals surface area contributed by atoms with Crippen molar-refractivity contribution in [2.75, 3.05) is 13.2 Å². The lowest BCUT2D eigenvalue weighted by Gasteiger charge is -2.23. The van der Waals surface area contributed by atoms with Crippen molar-refractivity contribution in [2.24, 2.45) is 0 Å². The van der Waals surface area contributed by atoms with E-state index in [9.17, 15) is 4.79 Å². The minimum absolute atomic E-state index is 0.0269. The van der Waals surface area contributed by atoms with Crippen molar-refractivity contribution < 1.29 is 14.1 Å². The first kappa shape index (κ1) is 16.4. The molecule has 0 saturated carbocycles. The van der Waals surface area contributed by atoms with Crippen LogP contribution in [0.3, 0.4) is 0 Å². The van der Waals surface area contributed by atoms with E-state index in [0.29, 0.717) is 13.2 Å². The summed E-state index contributed by atoms with van der Waals surface area (Å²) in [5, 5.41) is 6.91. The molecule has 1 unspecified atom stereocenters. The minimum Gasteiger partial charge on any atom is -0.494 e. The Kier molecular flexibility index (Phi) is 5.03. The lowest BCUT2D eigenvalue weighted by Crippen LogP contribution is -2.39. The molecule has 1 aromatic carbocycles. The number of carbonyl (C=O) groups is 1. The van der Waals surface area contributed by atoms with Gasteiger partial charge in [0.1, 0.15) is 5.75 Å². The number of ether oxygens (including phenoxy) is 1. The summed E-state index contributed by atoms with van der Waals surface area (Å²) in [6, 6.07) is 9.58. The molecule has 24 heavy (non-hydrogen) atoms. The Morgan fingerprint density at radius 2 is 2.33 bits per heavy atom. The van der Waals surface area contributed by atoms with Gasteiger partial charge in [0.15, 0.2) is 5.76 Å². The summed E-state index contributed by atoms with van der Waals surface area (Å²) in [5.41, 5.74) is 1.85. The number of carbonyl (C=O) groups excluding carboxylic acids is 1. The molecule has 0 spiro atoms. The lowest BCUT2D eigenvalue weighted by molar-refractivity contribution is 0.182. The van der Waals surface area contributed by atoms with E-state index in [0.717, 1.165) is 42.2 Å². The SMILES string of the molecule is CCOc1cccc(CNC(=O)N2CCCC2c2cc(C)no2)c1. The molecule has 1 N–H and O–H groups in total. The number of likely N-dealkylation sites (tertiary alicyclic amines) is 1. The summed E-state index contributed by atoms with van der Waals surface area (Å²) in [5.74, 6) is 1.58. The number of hydrogen-bond donors (Lipinski definition) is 1. The highest BCUT2D eigenvalue weighted by atomic mass is 16.5. The van der Waals surface area contributed by atoms with Crippen molar-refractivity contribution in [3.63, 3.8) is 0 Å². The zero-order chi connectivity index (χ0) is 16.9. The van der Waals surface area contributed by atoms with Gasteiger partial charge in [-0.1, -0.05) is 17.3 Å². The number of urea groups is 1. The van der Waals surface area contributed by atoms with Gasteiger partial charge in [0, 0.05) is 19.2 Å². The molecular formula is C18H23N3O3. The zero-order valence-electron chi connectivity index (χ0n) is 14.1. The van der Waals surface area contributed by atoms with Crippen molar-refractivity contribution >= 4 is 6.03 Å². The molecule has 1 saturated heterocycles. The number of aromatic nitrogens is 1. The third-order valence-corrected chi connectivity index (χ3v) is 4.14. The Bertz CT molecular complexity index is 698. The lowest BCUT2D eigenvalue weighted by atomic mass is 10.1. The quantitative estimate of drug-likeness (QED) is 0.912. The van der Waals surface area contributed by atoms with Crippen LogP contribution in [0.25, 0.3) is 0 Å². The van der Waals surface area contributed by atoms with Crippen molar-refractivity contribution in [1.82, 2.24) is 15.4 Å². The van der Waals surface area contributed by atoms with E-state index in [4.69, 9.17) is 9.26 Å². The number of hydrogen-bond acceptors (Lipinski definition) is 4. The van der Waals surface area contributed by atoms with Crippen molar-refractivity contribution in [2.45, 2.75) is 39.3 Å². The van der Waals surface area contributed by atoms with Crippen LogP contribution in [-0.4, -0.2) is 29.2 Å². The standard InChI is InChI=1S/C18H23N3O3/c1-3-23-15-7-4-6-14(11-15)12-19-18(22)21-9-5-8-16(21)17-10-13(2)20-24-17/h4,6-7,10-11,16H,3,5,8-9,12H2,1-2H3,(H,19,22). The average Bonchev–Trinajstić information content (AvgIpc) is 3.22. The number of nitrogens with one attached hydrogen (secondary N) is 1. The largest absolute Gasteiger partial charge is 0.494 e. The highest BCUT2D eigenvalue weighted by Crippen LogP contribution is 2.32. The van der Waals surface area contributed by atoms with E-state index >= 15 is 0 Å². The first-order chi connectivity index (χ1) is 11.7. The van der Waals surface area contributed by atoms with Gasteiger partial charge in [-0.25, -0.2) is 4.79 Å². The molecule has 6 nitrogen and oxygen atoms in total. The van der Waals surface area contributed by atoms with Crippen LogP contribution in [-0.2, 0) is 6.54 Å². The Morgan fingerprint density at radius 1 is 1.46 bits per heavy atom. The predicted octanol–water partition coefficient (Wildman–Crippen LogP) is 3.43. The van der Waals surface area contributed by atoms with Gasteiger partial charge in [0.05, 0.1) is 18.3 Å². The van der Waals surface area contributed by atoms with Gasteiger partial charge in [-0.3, -0.25) is 0 Å². The summed E-state index contributed by atoms with van der Waals surface area (Å²) in [4.78, 5) is 14.4. The number of benzene rings is 1. The molecule has 1 atom stereocenters. The summed E-state index contributed by atoms with van der Waals surface area (Å²) in [6.07, 6.45) is 1.87. The third-order valence-electron chi connectivity index (χ3n) is 4.14. The molecule has 0 aliphatic carbocycles. The third kappa shape index (κ3) is 3.69. The van der Waals surface area contributed by atoms with Crippen LogP contribution >= 0.6 is 0 Å². The highest BCUT2D eigenvalue weighted by Gasteiger charge is 2.32. The summed E-state index contributed by atoms with van der Waals surface area (Å²) >= 11 is 0. The summed E-state index contributed by atoms with van der Waals surface area (Å²) < 4.78 is 10.8. The van der Waals surface area contributed by atoms with Crippen molar-refractivity contribution in [1.29, 1.82) is 0 Å². The van der Waals surface area contributed by atoms with Crippen molar-refractivity contribution in [3.05, 3.63) is 47.3 Å². The normalized spacial score (nSPS) is 17.1. The second-order valence-electron chi connectivity index (χ2n) is 5.96. The molecule has 2 amide bonds. The maximum absolute atomic E-state index is 12.5. The molecule has 2 aromatic rings. The van der Waals surface area contributed by atoms with Crippen LogP contribution in [0.15, 0.2) is 34.9 Å². The molecule has 1 aliphatic rings. The fourth-order valence-corrected chi connectivity index (χ4v) is 3.04. The fourth-order valence-electron chi connectivity index (χ4n) is 3.04. The number of nitrogens with zero attached hydrogens (tertiary/aromatic N) is 2. The maximum atomic E-state index is 12.5. The zero-order valence-corrected chi connectivity index (χ0v) is 14.1. The van der Waals surface area contributed by atoms with Crippen LogP contribution in [0.1, 0.15) is 42.8 Å². The number of aryl methyl sites for hydroxylation is 1. The van der Waals surface area contributed by atoms with Crippen LogP contribution in [0.5, 0.6) is 5.75 Å².